The van der Waals surface area contributed by atoms with Crippen LogP contribution >= 0.6 is 0 Å². The quantitative estimate of drug-likeness (QED) is 0.869. The van der Waals surface area contributed by atoms with Gasteiger partial charge in [-0.05, 0) is 30.7 Å². The van der Waals surface area contributed by atoms with Crippen LogP contribution in [0.4, 0.5) is 0 Å². The lowest BCUT2D eigenvalue weighted by atomic mass is 10.4. The molecule has 1 aliphatic rings. The van der Waals surface area contributed by atoms with Crippen molar-refractivity contribution in [2.45, 2.75) is 16.6 Å². The number of sulfone groups is 1. The first-order valence-electron chi connectivity index (χ1n) is 6.71. The summed E-state index contributed by atoms with van der Waals surface area (Å²) < 4.78 is 30.1. The van der Waals surface area contributed by atoms with E-state index in [1.165, 1.54) is 11.2 Å². The van der Waals surface area contributed by atoms with E-state index >= 15 is 0 Å². The number of likely N-dealkylation sites (tertiary alicyclic amines) is 1. The second-order valence-corrected chi connectivity index (χ2v) is 7.23. The zero-order chi connectivity index (χ0) is 14.9. The van der Waals surface area contributed by atoms with Gasteiger partial charge in [0, 0.05) is 13.1 Å². The minimum absolute atomic E-state index is 0.205. The Morgan fingerprint density at radius 3 is 2.57 bits per heavy atom. The molecule has 1 atom stereocenters. The summed E-state index contributed by atoms with van der Waals surface area (Å²) in [6.07, 6.45) is 1.88. The van der Waals surface area contributed by atoms with Crippen LogP contribution in [-0.2, 0) is 9.84 Å². The predicted octanol–water partition coefficient (Wildman–Crippen LogP) is 1.97. The molecule has 0 spiro atoms. The van der Waals surface area contributed by atoms with Crippen LogP contribution in [0.25, 0.3) is 0 Å². The molecule has 0 bridgehead atoms. The minimum Gasteiger partial charge on any atom is -0.459 e. The normalized spacial score (nSPS) is 18.9. The van der Waals surface area contributed by atoms with Crippen LogP contribution in [0.15, 0.2) is 58.0 Å². The van der Waals surface area contributed by atoms with Crippen LogP contribution in [0.3, 0.4) is 0 Å². The summed E-state index contributed by atoms with van der Waals surface area (Å²) in [6, 6.07) is 11.6. The standard InChI is InChI=1S/C15H15NO4S/c17-15(14-7-4-10-20-14)16-9-8-13(11-16)21(18,19)12-5-2-1-3-6-12/h1-7,10,13H,8-9,11H2. The zero-order valence-corrected chi connectivity index (χ0v) is 12.1. The summed E-state index contributed by atoms with van der Waals surface area (Å²) in [5, 5.41) is -0.557. The van der Waals surface area contributed by atoms with Crippen LogP contribution in [0.1, 0.15) is 17.0 Å². The molecule has 0 N–H and O–H groups in total. The molecular weight excluding hydrogens is 290 g/mol. The fourth-order valence-electron chi connectivity index (χ4n) is 2.52. The van der Waals surface area contributed by atoms with E-state index in [0.29, 0.717) is 17.9 Å². The van der Waals surface area contributed by atoms with Gasteiger partial charge in [0.1, 0.15) is 0 Å². The molecule has 1 aromatic heterocycles. The van der Waals surface area contributed by atoms with E-state index in [0.717, 1.165) is 0 Å². The Labute approximate surface area is 123 Å². The monoisotopic (exact) mass is 305 g/mol. The fraction of sp³-hybridized carbons (Fsp3) is 0.267. The molecule has 1 amide bonds. The van der Waals surface area contributed by atoms with Gasteiger partial charge in [-0.1, -0.05) is 18.2 Å². The van der Waals surface area contributed by atoms with E-state index in [1.807, 2.05) is 0 Å². The summed E-state index contributed by atoms with van der Waals surface area (Å²) in [4.78, 5) is 14.0. The Hall–Kier alpha value is -2.08. The summed E-state index contributed by atoms with van der Waals surface area (Å²) in [5.41, 5.74) is 0. The van der Waals surface area contributed by atoms with Crippen molar-refractivity contribution in [2.24, 2.45) is 0 Å². The molecule has 1 fully saturated rings. The predicted molar refractivity (Wildman–Crippen MR) is 76.6 cm³/mol. The van der Waals surface area contributed by atoms with Gasteiger partial charge in [0.25, 0.3) is 5.91 Å². The van der Waals surface area contributed by atoms with E-state index in [-0.39, 0.29) is 18.2 Å². The summed E-state index contributed by atoms with van der Waals surface area (Å²) >= 11 is 0. The minimum atomic E-state index is -3.40. The number of rotatable bonds is 3. The highest BCUT2D eigenvalue weighted by molar-refractivity contribution is 7.92. The first kappa shape index (κ1) is 13.9. The maximum atomic E-state index is 12.5. The molecule has 1 aliphatic heterocycles. The van der Waals surface area contributed by atoms with Crippen molar-refractivity contribution in [1.82, 2.24) is 4.90 Å². The Morgan fingerprint density at radius 1 is 1.14 bits per heavy atom. The number of hydrogen-bond donors (Lipinski definition) is 0. The van der Waals surface area contributed by atoms with Crippen molar-refractivity contribution < 1.29 is 17.6 Å². The van der Waals surface area contributed by atoms with E-state index in [9.17, 15) is 13.2 Å². The highest BCUT2D eigenvalue weighted by Gasteiger charge is 2.36. The summed E-state index contributed by atoms with van der Waals surface area (Å²) in [6.45, 7) is 0.632. The molecular formula is C15H15NO4S. The first-order chi connectivity index (χ1) is 10.1. The van der Waals surface area contributed by atoms with Gasteiger partial charge in [-0.3, -0.25) is 4.79 Å². The molecule has 1 aromatic carbocycles. The zero-order valence-electron chi connectivity index (χ0n) is 11.3. The molecule has 6 heteroatoms. The maximum Gasteiger partial charge on any atom is 0.289 e. The third-order valence-electron chi connectivity index (χ3n) is 3.67. The van der Waals surface area contributed by atoms with Gasteiger partial charge in [-0.2, -0.15) is 0 Å². The first-order valence-corrected chi connectivity index (χ1v) is 8.25. The average Bonchev–Trinajstić information content (AvgIpc) is 3.19. The van der Waals surface area contributed by atoms with Crippen molar-refractivity contribution in [1.29, 1.82) is 0 Å². The molecule has 2 aromatic rings. The topological polar surface area (TPSA) is 67.6 Å². The Morgan fingerprint density at radius 2 is 1.90 bits per heavy atom. The Kier molecular flexibility index (Phi) is 3.55. The van der Waals surface area contributed by atoms with Gasteiger partial charge in [0.2, 0.25) is 0 Å². The summed E-state index contributed by atoms with van der Waals surface area (Å²) in [5.74, 6) is -0.0153. The van der Waals surface area contributed by atoms with E-state index in [1.54, 1.807) is 42.5 Å². The highest BCUT2D eigenvalue weighted by atomic mass is 32.2. The third-order valence-corrected chi connectivity index (χ3v) is 5.87. The lowest BCUT2D eigenvalue weighted by molar-refractivity contribution is 0.0761. The third kappa shape index (κ3) is 2.58. The van der Waals surface area contributed by atoms with Crippen LogP contribution in [-0.4, -0.2) is 37.6 Å². The van der Waals surface area contributed by atoms with Gasteiger partial charge in [-0.15, -0.1) is 0 Å². The molecule has 5 nitrogen and oxygen atoms in total. The van der Waals surface area contributed by atoms with Gasteiger partial charge >= 0.3 is 0 Å². The number of nitrogens with zero attached hydrogens (tertiary/aromatic N) is 1. The van der Waals surface area contributed by atoms with Crippen molar-refractivity contribution in [2.75, 3.05) is 13.1 Å². The van der Waals surface area contributed by atoms with Crippen LogP contribution in [0.2, 0.25) is 0 Å². The largest absolute Gasteiger partial charge is 0.459 e. The molecule has 1 saturated heterocycles. The number of carbonyl (C=O) groups excluding carboxylic acids is 1. The van der Waals surface area contributed by atoms with Gasteiger partial charge < -0.3 is 9.32 Å². The Bertz CT molecular complexity index is 722. The molecule has 110 valence electrons. The number of carbonyl (C=O) groups is 1. The summed E-state index contributed by atoms with van der Waals surface area (Å²) in [7, 11) is -3.40. The molecule has 0 aliphatic carbocycles. The van der Waals surface area contributed by atoms with E-state index < -0.39 is 15.1 Å². The second-order valence-electron chi connectivity index (χ2n) is 5.00. The average molecular weight is 305 g/mol. The highest BCUT2D eigenvalue weighted by Crippen LogP contribution is 2.24. The van der Waals surface area contributed by atoms with E-state index in [4.69, 9.17) is 4.42 Å². The van der Waals surface area contributed by atoms with Crippen molar-refractivity contribution in [3.05, 3.63) is 54.5 Å². The molecule has 2 heterocycles. The van der Waals surface area contributed by atoms with E-state index in [2.05, 4.69) is 0 Å². The number of hydrogen-bond acceptors (Lipinski definition) is 4. The van der Waals surface area contributed by atoms with Crippen molar-refractivity contribution in [3.8, 4) is 0 Å². The lowest BCUT2D eigenvalue weighted by Crippen LogP contribution is -2.31. The van der Waals surface area contributed by atoms with Crippen LogP contribution in [0.5, 0.6) is 0 Å². The fourth-order valence-corrected chi connectivity index (χ4v) is 4.24. The molecule has 1 unspecified atom stereocenters. The van der Waals surface area contributed by atoms with Gasteiger partial charge in [0.15, 0.2) is 15.6 Å². The van der Waals surface area contributed by atoms with Crippen LogP contribution in [0, 0.1) is 0 Å². The Balaban J connectivity index is 1.77. The molecule has 3 rings (SSSR count). The number of furan rings is 1. The van der Waals surface area contributed by atoms with Gasteiger partial charge in [-0.25, -0.2) is 8.42 Å². The van der Waals surface area contributed by atoms with Gasteiger partial charge in [0.05, 0.1) is 16.4 Å². The smallest absolute Gasteiger partial charge is 0.289 e. The maximum absolute atomic E-state index is 12.5. The van der Waals surface area contributed by atoms with Crippen molar-refractivity contribution in [3.63, 3.8) is 0 Å². The number of amides is 1. The SMILES string of the molecule is O=C(c1ccco1)N1CCC(S(=O)(=O)c2ccccc2)C1. The second kappa shape index (κ2) is 5.37. The number of benzene rings is 1. The molecule has 21 heavy (non-hydrogen) atoms. The molecule has 0 saturated carbocycles. The molecule has 0 radical (unpaired) electrons. The lowest BCUT2D eigenvalue weighted by Gasteiger charge is -2.15. The van der Waals surface area contributed by atoms with Crippen molar-refractivity contribution >= 4 is 15.7 Å². The van der Waals surface area contributed by atoms with Crippen LogP contribution < -0.4 is 0 Å².